The summed E-state index contributed by atoms with van der Waals surface area (Å²) in [6, 6.07) is 8.07. The fourth-order valence-corrected chi connectivity index (χ4v) is 5.26. The molecule has 2 heterocycles. The predicted octanol–water partition coefficient (Wildman–Crippen LogP) is 5.92. The largest absolute Gasteiger partial charge is 0.493 e. The van der Waals surface area contributed by atoms with Crippen molar-refractivity contribution in [2.45, 2.75) is 36.0 Å². The molecule has 0 aliphatic heterocycles. The maximum Gasteiger partial charge on any atom is 0.190 e. The van der Waals surface area contributed by atoms with E-state index in [-0.39, 0.29) is 0 Å². The average Bonchev–Trinajstić information content (AvgIpc) is 2.78. The maximum absolute atomic E-state index is 10.1. The molecule has 0 spiro atoms. The summed E-state index contributed by atoms with van der Waals surface area (Å²) >= 11 is 4.76. The standard InChI is InChI=1S/C22H24N4O2S3/c1-6-29-20-14(12-23)17(13-9-10-15(27-4)16(11-13)28-5)18-19(24-20)25-22(31-8-3)26-21(18)30-7-2/h9-11H,6-8H2,1-5H3. The van der Waals surface area contributed by atoms with E-state index in [2.05, 4.69) is 19.9 Å². The summed E-state index contributed by atoms with van der Waals surface area (Å²) in [6.45, 7) is 6.20. The highest BCUT2D eigenvalue weighted by Crippen LogP contribution is 2.42. The molecule has 2 aromatic heterocycles. The number of pyridine rings is 1. The van der Waals surface area contributed by atoms with Gasteiger partial charge in [-0.05, 0) is 35.0 Å². The zero-order valence-electron chi connectivity index (χ0n) is 18.2. The van der Waals surface area contributed by atoms with Crippen molar-refractivity contribution >= 4 is 46.3 Å². The monoisotopic (exact) mass is 472 g/mol. The van der Waals surface area contributed by atoms with Crippen LogP contribution in [0, 0.1) is 11.3 Å². The summed E-state index contributed by atoms with van der Waals surface area (Å²) in [6.07, 6.45) is 0. The van der Waals surface area contributed by atoms with Gasteiger partial charge in [0.25, 0.3) is 0 Å². The third kappa shape index (κ3) is 4.86. The van der Waals surface area contributed by atoms with Crippen molar-refractivity contribution in [2.24, 2.45) is 0 Å². The number of rotatable bonds is 9. The van der Waals surface area contributed by atoms with Crippen LogP contribution in [0.1, 0.15) is 26.3 Å². The fourth-order valence-electron chi connectivity index (χ4n) is 3.15. The van der Waals surface area contributed by atoms with Crippen molar-refractivity contribution in [3.8, 4) is 28.7 Å². The highest BCUT2D eigenvalue weighted by molar-refractivity contribution is 8.00. The topological polar surface area (TPSA) is 80.9 Å². The molecule has 31 heavy (non-hydrogen) atoms. The maximum atomic E-state index is 10.1. The summed E-state index contributed by atoms with van der Waals surface area (Å²) < 4.78 is 10.9. The molecule has 0 saturated heterocycles. The number of fused-ring (bicyclic) bond motifs is 1. The molecule has 0 aliphatic rings. The Balaban J connectivity index is 2.45. The summed E-state index contributed by atoms with van der Waals surface area (Å²) in [5.41, 5.74) is 2.77. The number of nitrogens with zero attached hydrogens (tertiary/aromatic N) is 4. The van der Waals surface area contributed by atoms with E-state index in [1.807, 2.05) is 25.1 Å². The molecule has 0 N–H and O–H groups in total. The second-order valence-electron chi connectivity index (χ2n) is 6.16. The van der Waals surface area contributed by atoms with Crippen LogP contribution in [0.4, 0.5) is 0 Å². The van der Waals surface area contributed by atoms with E-state index in [1.54, 1.807) is 49.5 Å². The highest BCUT2D eigenvalue weighted by atomic mass is 32.2. The third-order valence-corrected chi connectivity index (χ3v) is 6.82. The van der Waals surface area contributed by atoms with Gasteiger partial charge < -0.3 is 9.47 Å². The lowest BCUT2D eigenvalue weighted by Gasteiger charge is -2.16. The molecule has 162 valence electrons. The molecule has 0 amide bonds. The second-order valence-corrected chi connectivity index (χ2v) is 9.89. The van der Waals surface area contributed by atoms with Gasteiger partial charge in [0.2, 0.25) is 0 Å². The minimum absolute atomic E-state index is 0.531. The Morgan fingerprint density at radius 2 is 1.55 bits per heavy atom. The van der Waals surface area contributed by atoms with Gasteiger partial charge in [-0.2, -0.15) is 5.26 Å². The molecule has 0 bridgehead atoms. The molecule has 0 fully saturated rings. The van der Waals surface area contributed by atoms with Gasteiger partial charge in [-0.1, -0.05) is 38.6 Å². The first-order valence-electron chi connectivity index (χ1n) is 9.88. The number of hydrogen-bond acceptors (Lipinski definition) is 9. The first-order valence-corrected chi connectivity index (χ1v) is 12.8. The van der Waals surface area contributed by atoms with Gasteiger partial charge in [-0.25, -0.2) is 15.0 Å². The van der Waals surface area contributed by atoms with Crippen molar-refractivity contribution in [3.05, 3.63) is 23.8 Å². The fraction of sp³-hybridized carbons (Fsp3) is 0.364. The van der Waals surface area contributed by atoms with E-state index >= 15 is 0 Å². The van der Waals surface area contributed by atoms with Gasteiger partial charge in [0, 0.05) is 5.56 Å². The summed E-state index contributed by atoms with van der Waals surface area (Å²) in [5.74, 6) is 3.75. The Kier molecular flexibility index (Phi) is 8.29. The molecule has 3 rings (SSSR count). The molecule has 0 atom stereocenters. The van der Waals surface area contributed by atoms with Crippen LogP contribution in [0.5, 0.6) is 11.5 Å². The number of benzene rings is 1. The highest BCUT2D eigenvalue weighted by Gasteiger charge is 2.23. The molecule has 0 aliphatic carbocycles. The van der Waals surface area contributed by atoms with Crippen molar-refractivity contribution < 1.29 is 9.47 Å². The van der Waals surface area contributed by atoms with E-state index in [1.165, 1.54) is 0 Å². The van der Waals surface area contributed by atoms with E-state index in [0.717, 1.165) is 38.8 Å². The smallest absolute Gasteiger partial charge is 0.190 e. The van der Waals surface area contributed by atoms with E-state index in [9.17, 15) is 5.26 Å². The van der Waals surface area contributed by atoms with Gasteiger partial charge in [0.1, 0.15) is 16.1 Å². The molecular weight excluding hydrogens is 448 g/mol. The van der Waals surface area contributed by atoms with Crippen LogP contribution in [0.25, 0.3) is 22.2 Å². The quantitative estimate of drug-likeness (QED) is 0.214. The zero-order chi connectivity index (χ0) is 22.4. The van der Waals surface area contributed by atoms with Crippen LogP contribution in [-0.2, 0) is 0 Å². The number of ether oxygens (including phenoxy) is 2. The Morgan fingerprint density at radius 3 is 2.16 bits per heavy atom. The minimum atomic E-state index is 0.531. The van der Waals surface area contributed by atoms with Gasteiger partial charge in [0.05, 0.1) is 25.2 Å². The molecule has 6 nitrogen and oxygen atoms in total. The lowest BCUT2D eigenvalue weighted by molar-refractivity contribution is 0.355. The van der Waals surface area contributed by atoms with Crippen LogP contribution in [0.3, 0.4) is 0 Å². The molecule has 9 heteroatoms. The second kappa shape index (κ2) is 10.9. The Morgan fingerprint density at radius 1 is 0.871 bits per heavy atom. The first-order chi connectivity index (χ1) is 15.1. The SMILES string of the molecule is CCSc1nc(SCC)c2c(-c3ccc(OC)c(OC)c3)c(C#N)c(SCC)nc2n1. The van der Waals surface area contributed by atoms with Crippen molar-refractivity contribution in [1.82, 2.24) is 15.0 Å². The lowest BCUT2D eigenvalue weighted by Crippen LogP contribution is -2.02. The molecule has 0 saturated carbocycles. The zero-order valence-corrected chi connectivity index (χ0v) is 20.6. The van der Waals surface area contributed by atoms with Crippen LogP contribution in [0.2, 0.25) is 0 Å². The summed E-state index contributed by atoms with van der Waals surface area (Å²) in [7, 11) is 3.21. The predicted molar refractivity (Wildman–Crippen MR) is 130 cm³/mol. The lowest BCUT2D eigenvalue weighted by atomic mass is 9.98. The molecule has 1 aromatic carbocycles. The van der Waals surface area contributed by atoms with E-state index < -0.39 is 0 Å². The number of aromatic nitrogens is 3. The van der Waals surface area contributed by atoms with Gasteiger partial charge in [0.15, 0.2) is 22.3 Å². The number of methoxy groups -OCH3 is 2. The summed E-state index contributed by atoms with van der Waals surface area (Å²) in [5, 5.41) is 13.1. The third-order valence-electron chi connectivity index (χ3n) is 4.38. The first kappa shape index (κ1) is 23.5. The normalized spacial score (nSPS) is 10.8. The Bertz CT molecular complexity index is 1130. The Hall–Kier alpha value is -2.15. The number of nitriles is 1. The van der Waals surface area contributed by atoms with Gasteiger partial charge >= 0.3 is 0 Å². The number of thioether (sulfide) groups is 3. The number of hydrogen-bond donors (Lipinski definition) is 0. The van der Waals surface area contributed by atoms with Crippen LogP contribution >= 0.6 is 35.3 Å². The molecule has 0 radical (unpaired) electrons. The van der Waals surface area contributed by atoms with Crippen LogP contribution in [0.15, 0.2) is 33.4 Å². The van der Waals surface area contributed by atoms with Crippen LogP contribution in [-0.4, -0.2) is 46.4 Å². The van der Waals surface area contributed by atoms with Crippen molar-refractivity contribution in [3.63, 3.8) is 0 Å². The molecule has 3 aromatic rings. The van der Waals surface area contributed by atoms with Gasteiger partial charge in [-0.15, -0.1) is 23.5 Å². The van der Waals surface area contributed by atoms with Crippen LogP contribution < -0.4 is 9.47 Å². The van der Waals surface area contributed by atoms with Crippen molar-refractivity contribution in [1.29, 1.82) is 5.26 Å². The van der Waals surface area contributed by atoms with E-state index in [4.69, 9.17) is 24.4 Å². The Labute approximate surface area is 195 Å². The van der Waals surface area contributed by atoms with Crippen molar-refractivity contribution in [2.75, 3.05) is 31.5 Å². The molecule has 0 unspecified atom stereocenters. The van der Waals surface area contributed by atoms with Gasteiger partial charge in [-0.3, -0.25) is 0 Å². The average molecular weight is 473 g/mol. The molecular formula is C22H24N4O2S3. The van der Waals surface area contributed by atoms with E-state index in [0.29, 0.717) is 32.9 Å². The summed E-state index contributed by atoms with van der Waals surface area (Å²) in [4.78, 5) is 14.3. The minimum Gasteiger partial charge on any atom is -0.493 e.